The molecule has 0 saturated carbocycles. The fraction of sp³-hybridized carbons (Fsp3) is 0.455. The Labute approximate surface area is 110 Å². The summed E-state index contributed by atoms with van der Waals surface area (Å²) >= 11 is 2.88. The Morgan fingerprint density at radius 2 is 1.94 bits per heavy atom. The Kier molecular flexibility index (Phi) is 3.61. The van der Waals surface area contributed by atoms with Crippen molar-refractivity contribution >= 4 is 21.8 Å². The first-order valence-corrected chi connectivity index (χ1v) is 6.17. The Hall–Kier alpha value is -1.11. The summed E-state index contributed by atoms with van der Waals surface area (Å²) in [5.74, 6) is -3.73. The van der Waals surface area contributed by atoms with Gasteiger partial charge in [0.25, 0.3) is 11.8 Å². The number of aromatic nitrogens is 1. The molecule has 1 aliphatic rings. The van der Waals surface area contributed by atoms with E-state index in [0.29, 0.717) is 0 Å². The number of carbonyl (C=O) groups excluding carboxylic acids is 1. The molecule has 0 N–H and O–H groups in total. The van der Waals surface area contributed by atoms with E-state index in [9.17, 15) is 18.0 Å². The van der Waals surface area contributed by atoms with Crippen molar-refractivity contribution in [2.75, 3.05) is 13.1 Å². The van der Waals surface area contributed by atoms with Crippen LogP contribution in [0.1, 0.15) is 23.3 Å². The molecule has 1 aromatic heterocycles. The first-order chi connectivity index (χ1) is 8.39. The Bertz CT molecular complexity index is 471. The highest BCUT2D eigenvalue weighted by molar-refractivity contribution is 9.10. The average molecular weight is 323 g/mol. The number of nitrogens with zero attached hydrogens (tertiary/aromatic N) is 2. The average Bonchev–Trinajstić information content (AvgIpc) is 2.32. The van der Waals surface area contributed by atoms with E-state index in [0.717, 1.165) is 6.07 Å². The highest BCUT2D eigenvalue weighted by Gasteiger charge is 2.36. The van der Waals surface area contributed by atoms with Crippen LogP contribution < -0.4 is 0 Å². The lowest BCUT2D eigenvalue weighted by Gasteiger charge is -2.31. The zero-order chi connectivity index (χ0) is 13.3. The van der Waals surface area contributed by atoms with Gasteiger partial charge in [-0.1, -0.05) is 0 Å². The molecule has 0 radical (unpaired) electrons. The van der Waals surface area contributed by atoms with Gasteiger partial charge in [-0.3, -0.25) is 4.79 Å². The van der Waals surface area contributed by atoms with Crippen LogP contribution in [0.5, 0.6) is 0 Å². The molecule has 0 aliphatic carbocycles. The minimum atomic E-state index is -2.70. The summed E-state index contributed by atoms with van der Waals surface area (Å²) in [5.41, 5.74) is 0.0495. The number of hydrogen-bond donors (Lipinski definition) is 0. The summed E-state index contributed by atoms with van der Waals surface area (Å²) in [5, 5.41) is 0. The molecule has 18 heavy (non-hydrogen) atoms. The van der Waals surface area contributed by atoms with Crippen LogP contribution in [0.15, 0.2) is 16.7 Å². The number of carbonyl (C=O) groups is 1. The molecule has 2 rings (SSSR count). The number of likely N-dealkylation sites (tertiary alicyclic amines) is 1. The van der Waals surface area contributed by atoms with Crippen LogP contribution in [-0.4, -0.2) is 34.8 Å². The number of pyridine rings is 1. The van der Waals surface area contributed by atoms with Gasteiger partial charge in [0.15, 0.2) is 5.82 Å². The Balaban J connectivity index is 2.10. The normalized spacial score (nSPS) is 18.8. The molecule has 0 atom stereocenters. The van der Waals surface area contributed by atoms with Crippen LogP contribution in [-0.2, 0) is 0 Å². The van der Waals surface area contributed by atoms with Crippen molar-refractivity contribution in [2.45, 2.75) is 18.8 Å². The molecule has 2 heterocycles. The number of piperidine rings is 1. The van der Waals surface area contributed by atoms with E-state index in [4.69, 9.17) is 0 Å². The predicted molar refractivity (Wildman–Crippen MR) is 62.0 cm³/mol. The largest absolute Gasteiger partial charge is 0.337 e. The number of rotatable bonds is 1. The van der Waals surface area contributed by atoms with Gasteiger partial charge < -0.3 is 4.90 Å². The van der Waals surface area contributed by atoms with Gasteiger partial charge in [-0.05, 0) is 28.1 Å². The zero-order valence-electron chi connectivity index (χ0n) is 9.30. The molecular formula is C11H10BrF3N2O. The van der Waals surface area contributed by atoms with E-state index in [2.05, 4.69) is 20.9 Å². The van der Waals surface area contributed by atoms with Gasteiger partial charge in [-0.2, -0.15) is 0 Å². The summed E-state index contributed by atoms with van der Waals surface area (Å²) in [6, 6.07) is 2.36. The van der Waals surface area contributed by atoms with Crippen molar-refractivity contribution < 1.29 is 18.0 Å². The molecule has 1 fully saturated rings. The second-order valence-corrected chi connectivity index (χ2v) is 4.87. The maximum atomic E-state index is 13.0. The molecule has 7 heteroatoms. The minimum Gasteiger partial charge on any atom is -0.337 e. The van der Waals surface area contributed by atoms with Gasteiger partial charge in [-0.15, -0.1) is 0 Å². The molecule has 98 valence electrons. The van der Waals surface area contributed by atoms with Crippen molar-refractivity contribution in [1.82, 2.24) is 9.88 Å². The number of halogens is 4. The first kappa shape index (κ1) is 13.3. The van der Waals surface area contributed by atoms with Crippen LogP contribution in [0.2, 0.25) is 0 Å². The van der Waals surface area contributed by atoms with E-state index in [-0.39, 0.29) is 36.2 Å². The summed E-state index contributed by atoms with van der Waals surface area (Å²) in [4.78, 5) is 17.0. The van der Waals surface area contributed by atoms with Gasteiger partial charge in [0, 0.05) is 25.9 Å². The highest BCUT2D eigenvalue weighted by Crippen LogP contribution is 2.28. The summed E-state index contributed by atoms with van der Waals surface area (Å²) < 4.78 is 38.8. The van der Waals surface area contributed by atoms with E-state index in [1.54, 1.807) is 0 Å². The number of alkyl halides is 2. The fourth-order valence-electron chi connectivity index (χ4n) is 1.74. The summed E-state index contributed by atoms with van der Waals surface area (Å²) in [7, 11) is 0. The standard InChI is InChI=1S/C11H10BrF3N2O/c12-9-7(13)1-2-8(16-9)10(18)17-5-3-11(14,15)4-6-17/h1-2H,3-6H2. The molecule has 1 aliphatic heterocycles. The third-order valence-corrected chi connectivity index (χ3v) is 3.36. The Morgan fingerprint density at radius 1 is 1.33 bits per heavy atom. The molecule has 1 aromatic rings. The third-order valence-electron chi connectivity index (χ3n) is 2.80. The van der Waals surface area contributed by atoms with E-state index >= 15 is 0 Å². The third kappa shape index (κ3) is 2.82. The van der Waals surface area contributed by atoms with Crippen LogP contribution in [0.25, 0.3) is 0 Å². The smallest absolute Gasteiger partial charge is 0.272 e. The lowest BCUT2D eigenvalue weighted by atomic mass is 10.1. The molecule has 0 unspecified atom stereocenters. The van der Waals surface area contributed by atoms with E-state index < -0.39 is 17.6 Å². The summed E-state index contributed by atoms with van der Waals surface area (Å²) in [6.07, 6.45) is -0.692. The van der Waals surface area contributed by atoms with Crippen molar-refractivity contribution in [3.63, 3.8) is 0 Å². The SMILES string of the molecule is O=C(c1ccc(F)c(Br)n1)N1CCC(F)(F)CC1. The molecule has 1 saturated heterocycles. The van der Waals surface area contributed by atoms with Crippen molar-refractivity contribution in [1.29, 1.82) is 0 Å². The van der Waals surface area contributed by atoms with Gasteiger partial charge >= 0.3 is 0 Å². The highest BCUT2D eigenvalue weighted by atomic mass is 79.9. The number of hydrogen-bond acceptors (Lipinski definition) is 2. The maximum Gasteiger partial charge on any atom is 0.272 e. The minimum absolute atomic E-state index is 0.0114. The topological polar surface area (TPSA) is 33.2 Å². The molecular weight excluding hydrogens is 313 g/mol. The van der Waals surface area contributed by atoms with Crippen LogP contribution in [0, 0.1) is 5.82 Å². The van der Waals surface area contributed by atoms with E-state index in [1.165, 1.54) is 11.0 Å². The molecule has 3 nitrogen and oxygen atoms in total. The lowest BCUT2D eigenvalue weighted by Crippen LogP contribution is -2.43. The van der Waals surface area contributed by atoms with E-state index in [1.807, 2.05) is 0 Å². The molecule has 0 aromatic carbocycles. The molecule has 0 bridgehead atoms. The van der Waals surface area contributed by atoms with Crippen molar-refractivity contribution in [3.8, 4) is 0 Å². The quantitative estimate of drug-likeness (QED) is 0.745. The molecule has 1 amide bonds. The van der Waals surface area contributed by atoms with Crippen molar-refractivity contribution in [3.05, 3.63) is 28.2 Å². The lowest BCUT2D eigenvalue weighted by molar-refractivity contribution is -0.0495. The van der Waals surface area contributed by atoms with Gasteiger partial charge in [0.1, 0.15) is 10.3 Å². The summed E-state index contributed by atoms with van der Waals surface area (Å²) in [6.45, 7) is -0.0228. The zero-order valence-corrected chi connectivity index (χ0v) is 10.9. The van der Waals surface area contributed by atoms with Gasteiger partial charge in [0.05, 0.1) is 0 Å². The second kappa shape index (κ2) is 4.87. The monoisotopic (exact) mass is 322 g/mol. The van der Waals surface area contributed by atoms with Crippen LogP contribution in [0.3, 0.4) is 0 Å². The van der Waals surface area contributed by atoms with Gasteiger partial charge in [0.2, 0.25) is 0 Å². The number of amides is 1. The molecule has 0 spiro atoms. The van der Waals surface area contributed by atoms with Crippen molar-refractivity contribution in [2.24, 2.45) is 0 Å². The van der Waals surface area contributed by atoms with Gasteiger partial charge in [-0.25, -0.2) is 18.2 Å². The predicted octanol–water partition coefficient (Wildman–Crippen LogP) is 2.85. The maximum absolute atomic E-state index is 13.0. The second-order valence-electron chi connectivity index (χ2n) is 4.12. The first-order valence-electron chi connectivity index (χ1n) is 5.38. The fourth-order valence-corrected chi connectivity index (χ4v) is 2.06. The van der Waals surface area contributed by atoms with Crippen LogP contribution in [0.4, 0.5) is 13.2 Å². The van der Waals surface area contributed by atoms with Crippen LogP contribution >= 0.6 is 15.9 Å². The Morgan fingerprint density at radius 3 is 2.50 bits per heavy atom.